The molecule has 0 aliphatic carbocycles. The van der Waals surface area contributed by atoms with Gasteiger partial charge in [0.2, 0.25) is 0 Å². The van der Waals surface area contributed by atoms with Crippen molar-refractivity contribution in [2.45, 2.75) is 32.0 Å². The number of carbonyl (C=O) groups is 2. The molecule has 0 aliphatic heterocycles. The fourth-order valence-corrected chi connectivity index (χ4v) is 3.91. The van der Waals surface area contributed by atoms with Crippen molar-refractivity contribution in [3.8, 4) is 0 Å². The zero-order valence-electron chi connectivity index (χ0n) is 18.4. The van der Waals surface area contributed by atoms with Gasteiger partial charge in [0.05, 0.1) is 5.75 Å². The molecule has 0 bridgehead atoms. The molecule has 1 heterocycles. The molecule has 0 N–H and O–H groups in total. The number of hydrogen-bond acceptors (Lipinski definition) is 6. The van der Waals surface area contributed by atoms with Gasteiger partial charge in [0, 0.05) is 24.5 Å². The second kappa shape index (κ2) is 12.0. The van der Waals surface area contributed by atoms with E-state index in [1.807, 2.05) is 80.6 Å². The zero-order valence-corrected chi connectivity index (χ0v) is 19.2. The van der Waals surface area contributed by atoms with Gasteiger partial charge in [0.25, 0.3) is 5.91 Å². The number of aromatic nitrogens is 2. The van der Waals surface area contributed by atoms with E-state index in [9.17, 15) is 9.59 Å². The van der Waals surface area contributed by atoms with Crippen LogP contribution in [0.5, 0.6) is 0 Å². The average molecular weight is 450 g/mol. The quantitative estimate of drug-likeness (QED) is 0.265. The fourth-order valence-electron chi connectivity index (χ4n) is 3.16. The van der Waals surface area contributed by atoms with Crippen molar-refractivity contribution in [1.82, 2.24) is 14.9 Å². The van der Waals surface area contributed by atoms with Gasteiger partial charge in [-0.15, -0.1) is 0 Å². The van der Waals surface area contributed by atoms with Crippen LogP contribution in [0.4, 0.5) is 0 Å². The molecular weight excluding hydrogens is 422 g/mol. The van der Waals surface area contributed by atoms with Crippen LogP contribution in [-0.4, -0.2) is 45.6 Å². The van der Waals surface area contributed by atoms with Gasteiger partial charge in [-0.2, -0.15) is 0 Å². The summed E-state index contributed by atoms with van der Waals surface area (Å²) in [5.41, 5.74) is 3.87. The third-order valence-electron chi connectivity index (χ3n) is 4.72. The summed E-state index contributed by atoms with van der Waals surface area (Å²) in [6.45, 7) is 4.49. The number of rotatable bonds is 10. The first-order chi connectivity index (χ1) is 15.5. The number of ether oxygens (including phenoxy) is 1. The maximum atomic E-state index is 12.9. The second-order valence-electron chi connectivity index (χ2n) is 7.42. The minimum absolute atomic E-state index is 0.0544. The Morgan fingerprint density at radius 2 is 1.50 bits per heavy atom. The summed E-state index contributed by atoms with van der Waals surface area (Å²) in [5, 5.41) is 0.527. The molecule has 32 heavy (non-hydrogen) atoms. The molecule has 0 atom stereocenters. The summed E-state index contributed by atoms with van der Waals surface area (Å²) in [4.78, 5) is 35.4. The van der Waals surface area contributed by atoms with Gasteiger partial charge in [-0.1, -0.05) is 72.4 Å². The molecule has 0 unspecified atom stereocenters. The first-order valence-corrected chi connectivity index (χ1v) is 11.4. The number of nitrogens with zero attached hydrogens (tertiary/aromatic N) is 3. The molecule has 166 valence electrons. The molecular formula is C25H27N3O3S. The number of esters is 1. The molecule has 2 aromatic carbocycles. The molecule has 0 saturated heterocycles. The van der Waals surface area contributed by atoms with E-state index in [2.05, 4.69) is 9.97 Å². The van der Waals surface area contributed by atoms with Crippen molar-refractivity contribution in [3.05, 3.63) is 89.2 Å². The highest BCUT2D eigenvalue weighted by Crippen LogP contribution is 2.14. The van der Waals surface area contributed by atoms with Crippen LogP contribution in [0.3, 0.4) is 0 Å². The van der Waals surface area contributed by atoms with Gasteiger partial charge >= 0.3 is 5.97 Å². The number of benzene rings is 2. The maximum absolute atomic E-state index is 12.9. The van der Waals surface area contributed by atoms with Gasteiger partial charge < -0.3 is 9.64 Å². The van der Waals surface area contributed by atoms with E-state index in [-0.39, 0.29) is 18.3 Å². The van der Waals surface area contributed by atoms with E-state index >= 15 is 0 Å². The minimum Gasteiger partial charge on any atom is -0.455 e. The highest BCUT2D eigenvalue weighted by atomic mass is 32.2. The predicted octanol–water partition coefficient (Wildman–Crippen LogP) is 4.00. The van der Waals surface area contributed by atoms with Crippen molar-refractivity contribution < 1.29 is 14.3 Å². The number of amides is 1. The molecule has 0 saturated carbocycles. The van der Waals surface area contributed by atoms with Crippen molar-refractivity contribution in [3.63, 3.8) is 0 Å². The van der Waals surface area contributed by atoms with Gasteiger partial charge in [0.1, 0.15) is 0 Å². The van der Waals surface area contributed by atoms with E-state index in [1.54, 1.807) is 4.90 Å². The van der Waals surface area contributed by atoms with Crippen LogP contribution in [0.15, 0.2) is 71.9 Å². The lowest BCUT2D eigenvalue weighted by molar-refractivity contribution is -0.150. The van der Waals surface area contributed by atoms with E-state index in [0.717, 1.165) is 28.9 Å². The number of hydrogen-bond donors (Lipinski definition) is 0. The Kier molecular flexibility index (Phi) is 8.80. The van der Waals surface area contributed by atoms with E-state index < -0.39 is 5.97 Å². The van der Waals surface area contributed by atoms with Crippen LogP contribution in [0.1, 0.15) is 22.5 Å². The molecule has 3 rings (SSSR count). The maximum Gasteiger partial charge on any atom is 0.316 e. The van der Waals surface area contributed by atoms with Gasteiger partial charge in [-0.05, 0) is 37.5 Å². The monoisotopic (exact) mass is 449 g/mol. The summed E-state index contributed by atoms with van der Waals surface area (Å²) in [5.74, 6) is -0.626. The van der Waals surface area contributed by atoms with E-state index in [1.165, 1.54) is 11.8 Å². The van der Waals surface area contributed by atoms with Crippen molar-refractivity contribution in [2.24, 2.45) is 0 Å². The molecule has 0 fully saturated rings. The van der Waals surface area contributed by atoms with Gasteiger partial charge in [-0.25, -0.2) is 9.97 Å². The van der Waals surface area contributed by atoms with Crippen LogP contribution >= 0.6 is 11.8 Å². The lowest BCUT2D eigenvalue weighted by atomic mass is 10.1. The summed E-state index contributed by atoms with van der Waals surface area (Å²) >= 11 is 1.21. The number of carbonyl (C=O) groups excluding carboxylic acids is 2. The third-order valence-corrected chi connectivity index (χ3v) is 5.54. The van der Waals surface area contributed by atoms with Gasteiger partial charge in [0.15, 0.2) is 11.8 Å². The Morgan fingerprint density at radius 3 is 2.12 bits per heavy atom. The molecule has 6 nitrogen and oxygen atoms in total. The minimum atomic E-state index is -0.464. The Balaban J connectivity index is 1.54. The molecule has 0 spiro atoms. The molecule has 1 amide bonds. The van der Waals surface area contributed by atoms with Crippen LogP contribution in [-0.2, 0) is 27.3 Å². The summed E-state index contributed by atoms with van der Waals surface area (Å²) in [7, 11) is 0. The predicted molar refractivity (Wildman–Crippen MR) is 125 cm³/mol. The fraction of sp³-hybridized carbons (Fsp3) is 0.280. The highest BCUT2D eigenvalue weighted by molar-refractivity contribution is 7.99. The topological polar surface area (TPSA) is 72.4 Å². The first kappa shape index (κ1) is 23.5. The number of aryl methyl sites for hydroxylation is 2. The van der Waals surface area contributed by atoms with Crippen LogP contribution < -0.4 is 0 Å². The van der Waals surface area contributed by atoms with Gasteiger partial charge in [-0.3, -0.25) is 9.59 Å². The molecule has 3 aromatic rings. The largest absolute Gasteiger partial charge is 0.455 e. The molecule has 1 aromatic heterocycles. The Morgan fingerprint density at radius 1 is 0.906 bits per heavy atom. The van der Waals surface area contributed by atoms with Crippen LogP contribution in [0.2, 0.25) is 0 Å². The van der Waals surface area contributed by atoms with E-state index in [0.29, 0.717) is 18.2 Å². The van der Waals surface area contributed by atoms with Crippen LogP contribution in [0.25, 0.3) is 0 Å². The highest BCUT2D eigenvalue weighted by Gasteiger charge is 2.17. The zero-order chi connectivity index (χ0) is 22.8. The van der Waals surface area contributed by atoms with E-state index in [4.69, 9.17) is 4.74 Å². The lowest BCUT2D eigenvalue weighted by Gasteiger charge is -2.23. The molecule has 7 heteroatoms. The molecule has 0 aliphatic rings. The van der Waals surface area contributed by atoms with Crippen molar-refractivity contribution in [2.75, 3.05) is 18.9 Å². The van der Waals surface area contributed by atoms with Crippen LogP contribution in [0, 0.1) is 13.8 Å². The Hall–Kier alpha value is -3.19. The first-order valence-electron chi connectivity index (χ1n) is 10.5. The smallest absolute Gasteiger partial charge is 0.316 e. The lowest BCUT2D eigenvalue weighted by Crippen LogP contribution is -2.36. The summed E-state index contributed by atoms with van der Waals surface area (Å²) in [6, 6.07) is 21.7. The standard InChI is InChI=1S/C25H27N3O3S/c1-19-15-20(2)27-25(26-19)32-18-24(30)31-17-23(29)28(16-22-11-7-4-8-12-22)14-13-21-9-5-3-6-10-21/h3-12,15H,13-14,16-18H2,1-2H3. The normalized spacial score (nSPS) is 10.6. The Labute approximate surface area is 193 Å². The SMILES string of the molecule is Cc1cc(C)nc(SCC(=O)OCC(=O)N(CCc2ccccc2)Cc2ccccc2)n1. The second-order valence-corrected chi connectivity index (χ2v) is 8.36. The van der Waals surface area contributed by atoms with Crippen molar-refractivity contribution in [1.29, 1.82) is 0 Å². The average Bonchev–Trinajstić information content (AvgIpc) is 2.79. The summed E-state index contributed by atoms with van der Waals surface area (Å²) in [6.07, 6.45) is 0.729. The third kappa shape index (κ3) is 7.81. The number of thioether (sulfide) groups is 1. The summed E-state index contributed by atoms with van der Waals surface area (Å²) < 4.78 is 5.25. The van der Waals surface area contributed by atoms with Crippen molar-refractivity contribution >= 4 is 23.6 Å². The molecule has 0 radical (unpaired) electrons. The Bertz CT molecular complexity index is 1010.